The topological polar surface area (TPSA) is 57.3 Å². The lowest BCUT2D eigenvalue weighted by atomic mass is 10.1. The highest BCUT2D eigenvalue weighted by Gasteiger charge is 2.27. The molecule has 4 rings (SSSR count). The Morgan fingerprint density at radius 1 is 1.10 bits per heavy atom. The molecule has 0 saturated heterocycles. The Labute approximate surface area is 168 Å². The lowest BCUT2D eigenvalue weighted by molar-refractivity contribution is -0.110. The normalized spacial score (nSPS) is 13.9. The van der Waals surface area contributed by atoms with Crippen molar-refractivity contribution in [2.24, 2.45) is 0 Å². The van der Waals surface area contributed by atoms with Crippen LogP contribution < -0.4 is 15.5 Å². The standard InChI is InChI=1S/C23H21FN4O/c1-28(14-12-16-5-2-3-13-25-16)18-10-8-17(9-11-18)26-15-19-22-20(24)6-4-7-21(22)27-23(19)29/h2-11,13,15,26H,12,14H2,1H3,(H,27,29). The van der Waals surface area contributed by atoms with Crippen molar-refractivity contribution >= 4 is 28.5 Å². The number of benzene rings is 2. The summed E-state index contributed by atoms with van der Waals surface area (Å²) < 4.78 is 14.1. The van der Waals surface area contributed by atoms with Crippen LogP contribution in [0.25, 0.3) is 5.57 Å². The summed E-state index contributed by atoms with van der Waals surface area (Å²) in [5.74, 6) is -0.734. The molecule has 146 valence electrons. The van der Waals surface area contributed by atoms with Gasteiger partial charge < -0.3 is 15.5 Å². The summed E-state index contributed by atoms with van der Waals surface area (Å²) in [7, 11) is 2.04. The third-order valence-corrected chi connectivity index (χ3v) is 4.90. The number of aromatic nitrogens is 1. The Morgan fingerprint density at radius 3 is 2.69 bits per heavy atom. The van der Waals surface area contributed by atoms with Gasteiger partial charge in [-0.05, 0) is 48.5 Å². The van der Waals surface area contributed by atoms with Gasteiger partial charge in [0.2, 0.25) is 0 Å². The lowest BCUT2D eigenvalue weighted by Crippen LogP contribution is -2.20. The van der Waals surface area contributed by atoms with Gasteiger partial charge in [0.1, 0.15) is 5.82 Å². The molecule has 0 fully saturated rings. The van der Waals surface area contributed by atoms with E-state index in [1.165, 1.54) is 6.07 Å². The van der Waals surface area contributed by atoms with Crippen molar-refractivity contribution in [1.82, 2.24) is 4.98 Å². The van der Waals surface area contributed by atoms with Crippen LogP contribution in [0.1, 0.15) is 11.3 Å². The third kappa shape index (κ3) is 4.11. The van der Waals surface area contributed by atoms with Gasteiger partial charge in [0, 0.05) is 55.0 Å². The summed E-state index contributed by atoms with van der Waals surface area (Å²) >= 11 is 0. The number of fused-ring (bicyclic) bond motifs is 1. The van der Waals surface area contributed by atoms with Crippen molar-refractivity contribution in [2.75, 3.05) is 29.1 Å². The van der Waals surface area contributed by atoms with Crippen LogP contribution in [0.2, 0.25) is 0 Å². The molecule has 1 amide bonds. The fourth-order valence-corrected chi connectivity index (χ4v) is 3.27. The quantitative estimate of drug-likeness (QED) is 0.618. The Kier molecular flexibility index (Phi) is 5.24. The number of halogens is 1. The molecule has 0 radical (unpaired) electrons. The number of carbonyl (C=O) groups excluding carboxylic acids is 1. The molecule has 5 nitrogen and oxygen atoms in total. The molecule has 2 aromatic carbocycles. The Morgan fingerprint density at radius 2 is 1.93 bits per heavy atom. The van der Waals surface area contributed by atoms with E-state index in [4.69, 9.17) is 0 Å². The molecule has 1 aliphatic heterocycles. The van der Waals surface area contributed by atoms with Crippen molar-refractivity contribution in [1.29, 1.82) is 0 Å². The van der Waals surface area contributed by atoms with Gasteiger partial charge in [-0.1, -0.05) is 12.1 Å². The first kappa shape index (κ1) is 18.7. The highest BCUT2D eigenvalue weighted by molar-refractivity contribution is 6.31. The number of pyridine rings is 1. The van der Waals surface area contributed by atoms with E-state index in [1.54, 1.807) is 24.5 Å². The van der Waals surface area contributed by atoms with E-state index in [2.05, 4.69) is 20.5 Å². The molecule has 2 heterocycles. The van der Waals surface area contributed by atoms with Crippen LogP contribution in [0.3, 0.4) is 0 Å². The number of carbonyl (C=O) groups is 1. The zero-order chi connectivity index (χ0) is 20.2. The molecular formula is C23H21FN4O. The molecule has 1 aromatic heterocycles. The summed E-state index contributed by atoms with van der Waals surface area (Å²) in [6.07, 6.45) is 4.22. The highest BCUT2D eigenvalue weighted by atomic mass is 19.1. The Hall–Kier alpha value is -3.67. The number of anilines is 3. The highest BCUT2D eigenvalue weighted by Crippen LogP contribution is 2.33. The third-order valence-electron chi connectivity index (χ3n) is 4.90. The maximum atomic E-state index is 14.1. The number of likely N-dealkylation sites (N-methyl/N-ethyl adjacent to an activating group) is 1. The van der Waals surface area contributed by atoms with E-state index in [1.807, 2.05) is 49.5 Å². The van der Waals surface area contributed by atoms with Crippen LogP contribution in [0.4, 0.5) is 21.5 Å². The van der Waals surface area contributed by atoms with Crippen LogP contribution in [0.5, 0.6) is 0 Å². The summed E-state index contributed by atoms with van der Waals surface area (Å²) in [6.45, 7) is 0.851. The lowest BCUT2D eigenvalue weighted by Gasteiger charge is -2.19. The fraction of sp³-hybridized carbons (Fsp3) is 0.130. The SMILES string of the molecule is CN(CCc1ccccn1)c1ccc(NC=C2C(=O)Nc3cccc(F)c32)cc1. The molecular weight excluding hydrogens is 367 g/mol. The average Bonchev–Trinajstić information content (AvgIpc) is 3.08. The molecule has 0 aliphatic carbocycles. The monoisotopic (exact) mass is 388 g/mol. The van der Waals surface area contributed by atoms with Crippen LogP contribution in [0.15, 0.2) is 73.1 Å². The smallest absolute Gasteiger partial charge is 0.257 e. The van der Waals surface area contributed by atoms with E-state index in [-0.39, 0.29) is 11.5 Å². The largest absolute Gasteiger partial charge is 0.374 e. The van der Waals surface area contributed by atoms with E-state index in [0.29, 0.717) is 11.3 Å². The molecule has 0 saturated carbocycles. The van der Waals surface area contributed by atoms with E-state index in [0.717, 1.165) is 30.0 Å². The minimum atomic E-state index is -0.418. The minimum Gasteiger partial charge on any atom is -0.374 e. The summed E-state index contributed by atoms with van der Waals surface area (Å²) in [6, 6.07) is 18.4. The van der Waals surface area contributed by atoms with Crippen molar-refractivity contribution in [3.63, 3.8) is 0 Å². The summed E-state index contributed by atoms with van der Waals surface area (Å²) in [5, 5.41) is 5.77. The number of rotatable bonds is 6. The molecule has 0 spiro atoms. The molecule has 0 atom stereocenters. The van der Waals surface area contributed by atoms with Gasteiger partial charge in [-0.25, -0.2) is 4.39 Å². The number of nitrogens with one attached hydrogen (secondary N) is 2. The zero-order valence-corrected chi connectivity index (χ0v) is 16.0. The predicted molar refractivity (Wildman–Crippen MR) is 114 cm³/mol. The average molecular weight is 388 g/mol. The Balaban J connectivity index is 1.41. The van der Waals surface area contributed by atoms with Crippen molar-refractivity contribution in [2.45, 2.75) is 6.42 Å². The molecule has 0 unspecified atom stereocenters. The molecule has 0 bridgehead atoms. The maximum absolute atomic E-state index is 14.1. The number of hydrogen-bond acceptors (Lipinski definition) is 4. The first-order valence-electron chi connectivity index (χ1n) is 9.40. The van der Waals surface area contributed by atoms with Crippen LogP contribution in [0, 0.1) is 5.82 Å². The fourth-order valence-electron chi connectivity index (χ4n) is 3.27. The van der Waals surface area contributed by atoms with E-state index in [9.17, 15) is 9.18 Å². The van der Waals surface area contributed by atoms with Crippen LogP contribution >= 0.6 is 0 Å². The van der Waals surface area contributed by atoms with Gasteiger partial charge >= 0.3 is 0 Å². The summed E-state index contributed by atoms with van der Waals surface area (Å²) in [5.41, 5.74) is 4.04. The number of amides is 1. The van der Waals surface area contributed by atoms with Gasteiger partial charge in [0.15, 0.2) is 0 Å². The van der Waals surface area contributed by atoms with Crippen LogP contribution in [-0.4, -0.2) is 24.5 Å². The zero-order valence-electron chi connectivity index (χ0n) is 16.0. The second-order valence-corrected chi connectivity index (χ2v) is 6.86. The number of hydrogen-bond donors (Lipinski definition) is 2. The van der Waals surface area contributed by atoms with Crippen molar-refractivity contribution < 1.29 is 9.18 Å². The molecule has 6 heteroatoms. The molecule has 1 aliphatic rings. The van der Waals surface area contributed by atoms with Crippen molar-refractivity contribution in [3.05, 3.63) is 90.1 Å². The number of nitrogens with zero attached hydrogens (tertiary/aromatic N) is 2. The van der Waals surface area contributed by atoms with Gasteiger partial charge in [-0.15, -0.1) is 0 Å². The predicted octanol–water partition coefficient (Wildman–Crippen LogP) is 4.30. The second kappa shape index (κ2) is 8.14. The molecule has 29 heavy (non-hydrogen) atoms. The maximum Gasteiger partial charge on any atom is 0.257 e. The summed E-state index contributed by atoms with van der Waals surface area (Å²) in [4.78, 5) is 18.6. The molecule has 2 N–H and O–H groups in total. The molecule has 3 aromatic rings. The van der Waals surface area contributed by atoms with Crippen molar-refractivity contribution in [3.8, 4) is 0 Å². The van der Waals surface area contributed by atoms with Gasteiger partial charge in [-0.2, -0.15) is 0 Å². The van der Waals surface area contributed by atoms with E-state index >= 15 is 0 Å². The Bertz CT molecular complexity index is 1050. The first-order valence-corrected chi connectivity index (χ1v) is 9.40. The van der Waals surface area contributed by atoms with Crippen LogP contribution in [-0.2, 0) is 11.2 Å². The second-order valence-electron chi connectivity index (χ2n) is 6.86. The van der Waals surface area contributed by atoms with E-state index < -0.39 is 5.82 Å². The van der Waals surface area contributed by atoms with Gasteiger partial charge in [-0.3, -0.25) is 9.78 Å². The first-order chi connectivity index (χ1) is 14.1. The van der Waals surface area contributed by atoms with Gasteiger partial charge in [0.05, 0.1) is 11.3 Å². The minimum absolute atomic E-state index is 0.287. The van der Waals surface area contributed by atoms with Gasteiger partial charge in [0.25, 0.3) is 5.91 Å².